The van der Waals surface area contributed by atoms with Gasteiger partial charge in [0.15, 0.2) is 11.2 Å². The lowest BCUT2D eigenvalue weighted by atomic mass is 9.73. The first-order valence-corrected chi connectivity index (χ1v) is 18.2. The van der Waals surface area contributed by atoms with Crippen LogP contribution in [0.25, 0.3) is 66.1 Å². The second kappa shape index (κ2) is 11.3. The van der Waals surface area contributed by atoms with Crippen LogP contribution in [-0.2, 0) is 5.41 Å². The largest absolute Gasteiger partial charge is 0.454 e. The highest BCUT2D eigenvalue weighted by Gasteiger charge is 2.41. The Morgan fingerprint density at radius 3 is 1.62 bits per heavy atom. The van der Waals surface area contributed by atoms with Gasteiger partial charge in [-0.25, -0.2) is 0 Å². The van der Waals surface area contributed by atoms with E-state index < -0.39 is 5.41 Å². The maximum Gasteiger partial charge on any atom is 0.159 e. The third kappa shape index (κ3) is 4.34. The van der Waals surface area contributed by atoms with Crippen molar-refractivity contribution in [2.24, 2.45) is 0 Å². The van der Waals surface area contributed by atoms with Crippen molar-refractivity contribution < 1.29 is 8.83 Å². The van der Waals surface area contributed by atoms with Crippen LogP contribution in [0.5, 0.6) is 0 Å². The number of furan rings is 2. The standard InChI is InChI=1S/C50H33NO2/c1-50(42-21-9-5-16-36(42)37-17-6-10-22-43(37)50)34-30-41-39-19-8-12-25-47(39)53-49(41)45(31-34)51(35-28-26-33(27-29-35)32-14-3-2-4-15-32)44-23-13-20-40-38-18-7-11-24-46(38)52-48(40)44/h2-31H,1H3. The fourth-order valence-corrected chi connectivity index (χ4v) is 8.78. The second-order valence-corrected chi connectivity index (χ2v) is 14.2. The van der Waals surface area contributed by atoms with Crippen LogP contribution in [0.4, 0.5) is 17.1 Å². The number of hydrogen-bond donors (Lipinski definition) is 0. The number of nitrogens with zero attached hydrogens (tertiary/aromatic N) is 1. The van der Waals surface area contributed by atoms with Crippen LogP contribution in [-0.4, -0.2) is 0 Å². The molecule has 0 N–H and O–H groups in total. The lowest BCUT2D eigenvalue weighted by molar-refractivity contribution is 0.665. The van der Waals surface area contributed by atoms with E-state index in [0.29, 0.717) is 0 Å². The Labute approximate surface area is 307 Å². The van der Waals surface area contributed by atoms with Gasteiger partial charge in [0.1, 0.15) is 11.2 Å². The number of para-hydroxylation sites is 3. The van der Waals surface area contributed by atoms with Gasteiger partial charge in [0.05, 0.1) is 11.4 Å². The Morgan fingerprint density at radius 1 is 0.415 bits per heavy atom. The zero-order valence-electron chi connectivity index (χ0n) is 29.1. The average Bonchev–Trinajstić information content (AvgIpc) is 3.88. The van der Waals surface area contributed by atoms with E-state index in [2.05, 4.69) is 176 Å². The van der Waals surface area contributed by atoms with E-state index in [9.17, 15) is 0 Å². The van der Waals surface area contributed by atoms with Crippen LogP contribution in [0.1, 0.15) is 23.6 Å². The van der Waals surface area contributed by atoms with E-state index in [1.165, 1.54) is 33.4 Å². The number of anilines is 3. The molecule has 0 fully saturated rings. The highest BCUT2D eigenvalue weighted by Crippen LogP contribution is 2.55. The minimum Gasteiger partial charge on any atom is -0.454 e. The average molecular weight is 680 g/mol. The molecule has 0 saturated heterocycles. The summed E-state index contributed by atoms with van der Waals surface area (Å²) in [6.45, 7) is 2.38. The molecule has 0 unspecified atom stereocenters. The molecule has 0 spiro atoms. The molecule has 2 heterocycles. The Bertz CT molecular complexity index is 2980. The molecule has 1 aliphatic carbocycles. The zero-order valence-corrected chi connectivity index (χ0v) is 29.1. The third-order valence-electron chi connectivity index (χ3n) is 11.4. The van der Waals surface area contributed by atoms with Crippen molar-refractivity contribution in [2.45, 2.75) is 12.3 Å². The lowest BCUT2D eigenvalue weighted by Gasteiger charge is -2.31. The van der Waals surface area contributed by atoms with Crippen LogP contribution in [0.2, 0.25) is 0 Å². The van der Waals surface area contributed by atoms with Crippen LogP contribution in [0, 0.1) is 0 Å². The summed E-state index contributed by atoms with van der Waals surface area (Å²) >= 11 is 0. The predicted molar refractivity (Wildman–Crippen MR) is 219 cm³/mol. The van der Waals surface area contributed by atoms with E-state index in [1.54, 1.807) is 0 Å². The molecule has 3 nitrogen and oxygen atoms in total. The van der Waals surface area contributed by atoms with Gasteiger partial charge in [0, 0.05) is 32.6 Å². The van der Waals surface area contributed by atoms with Crippen molar-refractivity contribution >= 4 is 60.9 Å². The predicted octanol–water partition coefficient (Wildman–Crippen LogP) is 14.0. The van der Waals surface area contributed by atoms with Crippen molar-refractivity contribution in [3.8, 4) is 22.3 Å². The monoisotopic (exact) mass is 679 g/mol. The van der Waals surface area contributed by atoms with E-state index in [1.807, 2.05) is 18.2 Å². The molecule has 3 heteroatoms. The highest BCUT2D eigenvalue weighted by atomic mass is 16.3. The third-order valence-corrected chi connectivity index (χ3v) is 11.4. The van der Waals surface area contributed by atoms with Gasteiger partial charge >= 0.3 is 0 Å². The molecule has 0 aliphatic heterocycles. The van der Waals surface area contributed by atoms with Crippen molar-refractivity contribution in [1.82, 2.24) is 0 Å². The van der Waals surface area contributed by atoms with Gasteiger partial charge in [-0.3, -0.25) is 0 Å². The number of fused-ring (bicyclic) bond motifs is 9. The summed E-state index contributed by atoms with van der Waals surface area (Å²) in [5.74, 6) is 0. The number of benzene rings is 8. The summed E-state index contributed by atoms with van der Waals surface area (Å²) in [4.78, 5) is 2.34. The zero-order chi connectivity index (χ0) is 35.1. The molecule has 0 bridgehead atoms. The molecule has 11 rings (SSSR count). The molecule has 0 saturated carbocycles. The first-order valence-electron chi connectivity index (χ1n) is 18.2. The molecule has 53 heavy (non-hydrogen) atoms. The van der Waals surface area contributed by atoms with Gasteiger partial charge in [-0.2, -0.15) is 0 Å². The van der Waals surface area contributed by atoms with Crippen molar-refractivity contribution in [3.63, 3.8) is 0 Å². The summed E-state index contributed by atoms with van der Waals surface area (Å²) in [6, 6.07) is 65.0. The minimum absolute atomic E-state index is 0.414. The van der Waals surface area contributed by atoms with Gasteiger partial charge in [-0.15, -0.1) is 0 Å². The smallest absolute Gasteiger partial charge is 0.159 e. The van der Waals surface area contributed by atoms with Crippen LogP contribution in [0.3, 0.4) is 0 Å². The van der Waals surface area contributed by atoms with E-state index >= 15 is 0 Å². The SMILES string of the molecule is CC1(c2cc(N(c3ccc(-c4ccccc4)cc3)c3cccc4c3oc3ccccc34)c3oc4ccccc4c3c2)c2ccccc2-c2ccccc21. The molecule has 10 aromatic rings. The number of rotatable bonds is 5. The summed E-state index contributed by atoms with van der Waals surface area (Å²) in [5.41, 5.74) is 14.6. The summed E-state index contributed by atoms with van der Waals surface area (Å²) in [6.07, 6.45) is 0. The Balaban J connectivity index is 1.24. The van der Waals surface area contributed by atoms with Gasteiger partial charge in [-0.05, 0) is 88.3 Å². The van der Waals surface area contributed by atoms with Crippen LogP contribution >= 0.6 is 0 Å². The number of hydrogen-bond acceptors (Lipinski definition) is 3. The van der Waals surface area contributed by atoms with Gasteiger partial charge in [0.2, 0.25) is 0 Å². The van der Waals surface area contributed by atoms with Gasteiger partial charge in [0.25, 0.3) is 0 Å². The summed E-state index contributed by atoms with van der Waals surface area (Å²) in [5, 5.41) is 4.35. The fraction of sp³-hybridized carbons (Fsp3) is 0.0400. The topological polar surface area (TPSA) is 29.5 Å². The molecule has 1 aliphatic rings. The first kappa shape index (κ1) is 29.8. The summed E-state index contributed by atoms with van der Waals surface area (Å²) in [7, 11) is 0. The minimum atomic E-state index is -0.414. The molecule has 250 valence electrons. The van der Waals surface area contributed by atoms with E-state index in [0.717, 1.165) is 66.5 Å². The molecule has 0 atom stereocenters. The van der Waals surface area contributed by atoms with E-state index in [4.69, 9.17) is 8.83 Å². The van der Waals surface area contributed by atoms with Gasteiger partial charge < -0.3 is 13.7 Å². The Hall–Kier alpha value is -6.84. The molecule has 0 radical (unpaired) electrons. The highest BCUT2D eigenvalue weighted by molar-refractivity contribution is 6.14. The maximum atomic E-state index is 6.89. The van der Waals surface area contributed by atoms with Crippen molar-refractivity contribution in [3.05, 3.63) is 199 Å². The van der Waals surface area contributed by atoms with Crippen LogP contribution < -0.4 is 4.90 Å². The Morgan fingerprint density at radius 2 is 0.943 bits per heavy atom. The second-order valence-electron chi connectivity index (χ2n) is 14.2. The molecule has 2 aromatic heterocycles. The lowest BCUT2D eigenvalue weighted by Crippen LogP contribution is -2.23. The van der Waals surface area contributed by atoms with Crippen molar-refractivity contribution in [1.29, 1.82) is 0 Å². The first-order chi connectivity index (χ1) is 26.2. The Kier molecular flexibility index (Phi) is 6.38. The van der Waals surface area contributed by atoms with E-state index in [-0.39, 0.29) is 0 Å². The maximum absolute atomic E-state index is 6.89. The quantitative estimate of drug-likeness (QED) is 0.181. The molecular weight excluding hydrogens is 647 g/mol. The molecule has 8 aromatic carbocycles. The molecule has 0 amide bonds. The summed E-state index contributed by atoms with van der Waals surface area (Å²) < 4.78 is 13.6. The van der Waals surface area contributed by atoms with Crippen LogP contribution in [0.15, 0.2) is 191 Å². The fourth-order valence-electron chi connectivity index (χ4n) is 8.78. The van der Waals surface area contributed by atoms with Crippen molar-refractivity contribution in [2.75, 3.05) is 4.90 Å². The normalized spacial score (nSPS) is 13.2. The molecular formula is C50H33NO2. The van der Waals surface area contributed by atoms with Gasteiger partial charge in [-0.1, -0.05) is 140 Å².